The van der Waals surface area contributed by atoms with Crippen LogP contribution in [0, 0.1) is 0 Å². The molecule has 0 spiro atoms. The maximum atomic E-state index is 13.8. The number of rotatable bonds is 1. The summed E-state index contributed by atoms with van der Waals surface area (Å²) in [5.74, 6) is 0. The fourth-order valence-electron chi connectivity index (χ4n) is 2.33. The van der Waals surface area contributed by atoms with Crippen LogP contribution in [0.4, 0.5) is 18.0 Å². The van der Waals surface area contributed by atoms with Crippen LogP contribution in [0.1, 0.15) is 19.4 Å². The predicted octanol–water partition coefficient (Wildman–Crippen LogP) is 3.67. The Bertz CT molecular complexity index is 572. The van der Waals surface area contributed by atoms with Gasteiger partial charge in [0.15, 0.2) is 5.66 Å². The lowest BCUT2D eigenvalue weighted by Crippen LogP contribution is -2.60. The number of halogens is 3. The molecule has 1 unspecified atom stereocenters. The summed E-state index contributed by atoms with van der Waals surface area (Å²) >= 11 is 0. The van der Waals surface area contributed by atoms with E-state index in [9.17, 15) is 18.0 Å². The van der Waals surface area contributed by atoms with E-state index in [1.807, 2.05) is 0 Å². The summed E-state index contributed by atoms with van der Waals surface area (Å²) in [5, 5.41) is 7.08. The van der Waals surface area contributed by atoms with Gasteiger partial charge in [0.2, 0.25) is 0 Å². The van der Waals surface area contributed by atoms with Crippen LogP contribution < -0.4 is 0 Å². The van der Waals surface area contributed by atoms with Gasteiger partial charge in [0.25, 0.3) is 5.66 Å². The van der Waals surface area contributed by atoms with Crippen LogP contribution in [-0.4, -0.2) is 29.9 Å². The predicted molar refractivity (Wildman–Crippen MR) is 67.4 cm³/mol. The van der Waals surface area contributed by atoms with E-state index in [4.69, 9.17) is 0 Å². The number of hydrogen-bond donors (Lipinski definition) is 0. The second kappa shape index (κ2) is 4.71. The molecule has 0 bridgehead atoms. The molecule has 1 aromatic rings. The van der Waals surface area contributed by atoms with E-state index in [0.717, 1.165) is 7.11 Å². The standard InChI is InChI=1S/C13H14F3N3O2/c1-11(2)17-18-12(13(14,15)16,19(11)10(20)21-3)9-7-5-4-6-8-9/h4-8H,1-3H3. The molecule has 1 aliphatic heterocycles. The molecule has 1 atom stereocenters. The van der Waals surface area contributed by atoms with Gasteiger partial charge in [-0.25, -0.2) is 9.69 Å². The van der Waals surface area contributed by atoms with Gasteiger partial charge in [-0.1, -0.05) is 30.3 Å². The highest BCUT2D eigenvalue weighted by molar-refractivity contribution is 5.70. The maximum absolute atomic E-state index is 13.8. The highest BCUT2D eigenvalue weighted by Crippen LogP contribution is 2.52. The van der Waals surface area contributed by atoms with Crippen LogP contribution in [-0.2, 0) is 10.4 Å². The maximum Gasteiger partial charge on any atom is 0.439 e. The molecule has 1 heterocycles. The molecule has 0 fully saturated rings. The zero-order chi connectivity index (χ0) is 15.9. The lowest BCUT2D eigenvalue weighted by Gasteiger charge is -2.40. The van der Waals surface area contributed by atoms with Gasteiger partial charge in [-0.3, -0.25) is 0 Å². The fourth-order valence-corrected chi connectivity index (χ4v) is 2.33. The molecular weight excluding hydrogens is 287 g/mol. The largest absolute Gasteiger partial charge is 0.453 e. The number of nitrogens with zero attached hydrogens (tertiary/aromatic N) is 3. The van der Waals surface area contributed by atoms with Crippen molar-refractivity contribution in [3.05, 3.63) is 35.9 Å². The Morgan fingerprint density at radius 3 is 2.24 bits per heavy atom. The van der Waals surface area contributed by atoms with Crippen LogP contribution in [0.15, 0.2) is 40.6 Å². The van der Waals surface area contributed by atoms with Crippen LogP contribution in [0.25, 0.3) is 0 Å². The average molecular weight is 301 g/mol. The molecule has 5 nitrogen and oxygen atoms in total. The molecule has 0 radical (unpaired) electrons. The summed E-state index contributed by atoms with van der Waals surface area (Å²) in [7, 11) is 1.02. The van der Waals surface area contributed by atoms with Gasteiger partial charge in [0.05, 0.1) is 7.11 Å². The summed E-state index contributed by atoms with van der Waals surface area (Å²) in [6.07, 6.45) is -5.99. The fraction of sp³-hybridized carbons (Fsp3) is 0.462. The minimum Gasteiger partial charge on any atom is -0.453 e. The van der Waals surface area contributed by atoms with Gasteiger partial charge < -0.3 is 4.74 Å². The Hall–Kier alpha value is -2.12. The van der Waals surface area contributed by atoms with Gasteiger partial charge in [0, 0.05) is 5.56 Å². The third-order valence-corrected chi connectivity index (χ3v) is 3.24. The summed E-state index contributed by atoms with van der Waals surface area (Å²) in [4.78, 5) is 12.5. The number of benzene rings is 1. The molecule has 0 saturated heterocycles. The van der Waals surface area contributed by atoms with Gasteiger partial charge in [-0.05, 0) is 13.8 Å². The normalized spacial score (nSPS) is 24.2. The highest BCUT2D eigenvalue weighted by Gasteiger charge is 2.69. The second-order valence-corrected chi connectivity index (χ2v) is 5.04. The number of amides is 1. The molecule has 1 aromatic carbocycles. The number of hydrogen-bond acceptors (Lipinski definition) is 4. The molecule has 0 aliphatic carbocycles. The number of carbonyl (C=O) groups excluding carboxylic acids is 1. The van der Waals surface area contributed by atoms with Crippen molar-refractivity contribution in [3.8, 4) is 0 Å². The lowest BCUT2D eigenvalue weighted by molar-refractivity contribution is -0.231. The third kappa shape index (κ3) is 2.14. The summed E-state index contributed by atoms with van der Waals surface area (Å²) in [6, 6.07) is 6.97. The Balaban J connectivity index is 2.72. The van der Waals surface area contributed by atoms with Crippen molar-refractivity contribution in [1.29, 1.82) is 0 Å². The van der Waals surface area contributed by atoms with Crippen LogP contribution in [0.2, 0.25) is 0 Å². The third-order valence-electron chi connectivity index (χ3n) is 3.24. The van der Waals surface area contributed by atoms with Crippen molar-refractivity contribution in [2.24, 2.45) is 10.2 Å². The molecule has 21 heavy (non-hydrogen) atoms. The Kier molecular flexibility index (Phi) is 3.43. The van der Waals surface area contributed by atoms with E-state index < -0.39 is 23.6 Å². The van der Waals surface area contributed by atoms with E-state index >= 15 is 0 Å². The van der Waals surface area contributed by atoms with Crippen molar-refractivity contribution in [2.45, 2.75) is 31.3 Å². The van der Waals surface area contributed by atoms with Crippen molar-refractivity contribution < 1.29 is 22.7 Å². The minimum atomic E-state index is -4.85. The van der Waals surface area contributed by atoms with E-state index in [-0.39, 0.29) is 5.56 Å². The molecule has 0 aromatic heterocycles. The molecule has 0 saturated carbocycles. The summed E-state index contributed by atoms with van der Waals surface area (Å²) in [6.45, 7) is 2.73. The monoisotopic (exact) mass is 301 g/mol. The SMILES string of the molecule is COC(=O)N1C(C)(C)N=NC1(c1ccccc1)C(F)(F)F. The molecule has 8 heteroatoms. The Morgan fingerprint density at radius 1 is 1.19 bits per heavy atom. The van der Waals surface area contributed by atoms with Gasteiger partial charge in [-0.15, -0.1) is 5.11 Å². The van der Waals surface area contributed by atoms with Crippen LogP contribution >= 0.6 is 0 Å². The number of methoxy groups -OCH3 is 1. The summed E-state index contributed by atoms with van der Waals surface area (Å²) in [5.41, 5.74) is -4.55. The zero-order valence-corrected chi connectivity index (χ0v) is 11.7. The highest BCUT2D eigenvalue weighted by atomic mass is 19.4. The summed E-state index contributed by atoms with van der Waals surface area (Å²) < 4.78 is 45.9. The van der Waals surface area contributed by atoms with Crippen LogP contribution in [0.3, 0.4) is 0 Å². The van der Waals surface area contributed by atoms with E-state index in [2.05, 4.69) is 15.0 Å². The smallest absolute Gasteiger partial charge is 0.439 e. The topological polar surface area (TPSA) is 54.3 Å². The average Bonchev–Trinajstić information content (AvgIpc) is 2.71. The van der Waals surface area contributed by atoms with Crippen LogP contribution in [0.5, 0.6) is 0 Å². The van der Waals surface area contributed by atoms with Crippen molar-refractivity contribution in [2.75, 3.05) is 7.11 Å². The first-order valence-electron chi connectivity index (χ1n) is 6.11. The molecule has 2 rings (SSSR count). The van der Waals surface area contributed by atoms with E-state index in [1.54, 1.807) is 6.07 Å². The first kappa shape index (κ1) is 15.3. The lowest BCUT2D eigenvalue weighted by atomic mass is 9.96. The van der Waals surface area contributed by atoms with Crippen molar-refractivity contribution in [3.63, 3.8) is 0 Å². The van der Waals surface area contributed by atoms with Gasteiger partial charge >= 0.3 is 12.3 Å². The van der Waals surface area contributed by atoms with E-state index in [1.165, 1.54) is 38.1 Å². The number of azo groups is 1. The zero-order valence-electron chi connectivity index (χ0n) is 11.7. The molecule has 1 aliphatic rings. The van der Waals surface area contributed by atoms with Gasteiger partial charge in [0.1, 0.15) is 0 Å². The molecule has 0 N–H and O–H groups in total. The van der Waals surface area contributed by atoms with Gasteiger partial charge in [-0.2, -0.15) is 18.3 Å². The first-order chi connectivity index (χ1) is 9.67. The van der Waals surface area contributed by atoms with E-state index in [0.29, 0.717) is 4.90 Å². The molecule has 114 valence electrons. The second-order valence-electron chi connectivity index (χ2n) is 5.04. The molecule has 1 amide bonds. The minimum absolute atomic E-state index is 0.197. The van der Waals surface area contributed by atoms with Crippen molar-refractivity contribution >= 4 is 6.09 Å². The molecular formula is C13H14F3N3O2. The number of alkyl halides is 3. The number of ether oxygens (including phenoxy) is 1. The quantitative estimate of drug-likeness (QED) is 0.794. The Labute approximate surface area is 119 Å². The number of carbonyl (C=O) groups is 1. The first-order valence-corrected chi connectivity index (χ1v) is 6.11. The Morgan fingerprint density at radius 2 is 1.76 bits per heavy atom. The van der Waals surface area contributed by atoms with Crippen molar-refractivity contribution in [1.82, 2.24) is 4.90 Å².